The zero-order valence-electron chi connectivity index (χ0n) is 11.0. The molecule has 0 saturated carbocycles. The minimum absolute atomic E-state index is 0.0573. The predicted molar refractivity (Wildman–Crippen MR) is 79.4 cm³/mol. The number of nitrogens with one attached hydrogen (secondary N) is 1. The van der Waals surface area contributed by atoms with E-state index in [0.717, 1.165) is 22.3 Å². The average molecular weight is 304 g/mol. The lowest BCUT2D eigenvalue weighted by molar-refractivity contribution is 0.576. The van der Waals surface area contributed by atoms with E-state index in [1.165, 1.54) is 6.07 Å². The molecule has 6 heteroatoms. The molecule has 21 heavy (non-hydrogen) atoms. The number of fused-ring (bicyclic) bond motifs is 1. The van der Waals surface area contributed by atoms with Crippen LogP contribution in [0.15, 0.2) is 41.2 Å². The van der Waals surface area contributed by atoms with Gasteiger partial charge in [-0.25, -0.2) is 13.3 Å². The predicted octanol–water partition coefficient (Wildman–Crippen LogP) is 3.63. The fraction of sp³-hybridized carbons (Fsp3) is 0.0667. The average Bonchev–Trinajstić information content (AvgIpc) is 2.42. The number of benzene rings is 2. The Morgan fingerprint density at radius 1 is 1.14 bits per heavy atom. The van der Waals surface area contributed by atoms with Crippen LogP contribution in [-0.4, -0.2) is 9.55 Å². The van der Waals surface area contributed by atoms with Crippen LogP contribution in [0.5, 0.6) is 0 Å². The molecule has 106 valence electrons. The molecule has 3 nitrogen and oxygen atoms in total. The van der Waals surface area contributed by atoms with Gasteiger partial charge >= 0.3 is 0 Å². The van der Waals surface area contributed by atoms with Gasteiger partial charge in [0.2, 0.25) is 0 Å². The summed E-state index contributed by atoms with van der Waals surface area (Å²) < 4.78 is 28.0. The van der Waals surface area contributed by atoms with Gasteiger partial charge in [0, 0.05) is 6.07 Å². The first-order valence-electron chi connectivity index (χ1n) is 6.18. The Morgan fingerprint density at radius 3 is 2.62 bits per heavy atom. The van der Waals surface area contributed by atoms with Crippen molar-refractivity contribution in [3.05, 3.63) is 68.7 Å². The highest BCUT2D eigenvalue weighted by atomic mass is 32.1. The second kappa shape index (κ2) is 4.89. The van der Waals surface area contributed by atoms with Gasteiger partial charge in [0.1, 0.15) is 11.6 Å². The van der Waals surface area contributed by atoms with Crippen molar-refractivity contribution in [3.63, 3.8) is 0 Å². The first kappa shape index (κ1) is 13.6. The van der Waals surface area contributed by atoms with Crippen LogP contribution >= 0.6 is 12.2 Å². The van der Waals surface area contributed by atoms with Gasteiger partial charge in [0.25, 0.3) is 5.56 Å². The van der Waals surface area contributed by atoms with Crippen LogP contribution in [0.2, 0.25) is 0 Å². The Hall–Kier alpha value is -2.34. The Bertz CT molecular complexity index is 976. The molecule has 1 heterocycles. The molecule has 0 bridgehead atoms. The molecule has 0 aliphatic rings. The Balaban J connectivity index is 2.43. The minimum Gasteiger partial charge on any atom is -0.331 e. The lowest BCUT2D eigenvalue weighted by Gasteiger charge is -2.09. The molecule has 0 saturated heterocycles. The number of hydrogen-bond acceptors (Lipinski definition) is 2. The summed E-state index contributed by atoms with van der Waals surface area (Å²) in [5.41, 5.74) is 0.958. The van der Waals surface area contributed by atoms with E-state index >= 15 is 0 Å². The molecule has 0 amide bonds. The summed E-state index contributed by atoms with van der Waals surface area (Å²) in [5, 5.41) is 0.396. The van der Waals surface area contributed by atoms with Crippen molar-refractivity contribution in [3.8, 4) is 5.69 Å². The maximum atomic E-state index is 13.9. The molecule has 0 unspecified atom stereocenters. The summed E-state index contributed by atoms with van der Waals surface area (Å²) in [6, 6.07) is 8.28. The number of nitrogens with zero attached hydrogens (tertiary/aromatic N) is 1. The minimum atomic E-state index is -0.844. The Kier molecular flexibility index (Phi) is 3.17. The van der Waals surface area contributed by atoms with Gasteiger partial charge in [-0.2, -0.15) is 0 Å². The van der Waals surface area contributed by atoms with Gasteiger partial charge in [0.05, 0.1) is 16.6 Å². The third kappa shape index (κ3) is 2.27. The molecule has 1 N–H and O–H groups in total. The Labute approximate surface area is 123 Å². The number of H-pyrrole nitrogens is 1. The highest BCUT2D eigenvalue weighted by Crippen LogP contribution is 2.16. The molecular weight excluding hydrogens is 294 g/mol. The van der Waals surface area contributed by atoms with Crippen LogP contribution in [0.25, 0.3) is 16.6 Å². The standard InChI is InChI=1S/C15H10F2N2OS/c1-8-2-4-12-10(6-8)14(20)19(15(21)18-12)13-5-3-9(16)7-11(13)17/h2-7H,1H3,(H,18,21). The summed E-state index contributed by atoms with van der Waals surface area (Å²) in [5.74, 6) is -1.56. The van der Waals surface area contributed by atoms with E-state index in [1.807, 2.05) is 13.0 Å². The summed E-state index contributed by atoms with van der Waals surface area (Å²) >= 11 is 5.12. The number of halogens is 2. The van der Waals surface area contributed by atoms with Gasteiger partial charge < -0.3 is 4.98 Å². The van der Waals surface area contributed by atoms with E-state index in [1.54, 1.807) is 12.1 Å². The first-order chi connectivity index (χ1) is 9.97. The largest absolute Gasteiger partial charge is 0.331 e. The number of hydrogen-bond donors (Lipinski definition) is 1. The highest BCUT2D eigenvalue weighted by Gasteiger charge is 2.12. The number of aryl methyl sites for hydroxylation is 1. The number of aromatic nitrogens is 2. The summed E-state index contributed by atoms with van der Waals surface area (Å²) in [6.07, 6.45) is 0. The topological polar surface area (TPSA) is 37.8 Å². The summed E-state index contributed by atoms with van der Waals surface area (Å²) in [4.78, 5) is 15.4. The normalized spacial score (nSPS) is 11.0. The third-order valence-electron chi connectivity index (χ3n) is 3.20. The van der Waals surface area contributed by atoms with Crippen LogP contribution in [0.3, 0.4) is 0 Å². The van der Waals surface area contributed by atoms with Gasteiger partial charge in [-0.1, -0.05) is 11.6 Å². The highest BCUT2D eigenvalue weighted by molar-refractivity contribution is 7.71. The number of rotatable bonds is 1. The maximum Gasteiger partial charge on any atom is 0.266 e. The molecule has 1 aromatic heterocycles. The van der Waals surface area contributed by atoms with Crippen LogP contribution in [-0.2, 0) is 0 Å². The van der Waals surface area contributed by atoms with Gasteiger partial charge in [0.15, 0.2) is 4.77 Å². The van der Waals surface area contributed by atoms with Crippen LogP contribution in [0.1, 0.15) is 5.56 Å². The maximum absolute atomic E-state index is 13.9. The van der Waals surface area contributed by atoms with Crippen molar-refractivity contribution >= 4 is 23.1 Å². The zero-order chi connectivity index (χ0) is 15.1. The molecule has 0 aliphatic carbocycles. The molecule has 2 aromatic carbocycles. The van der Waals surface area contributed by atoms with Crippen LogP contribution in [0, 0.1) is 23.3 Å². The SMILES string of the molecule is Cc1ccc2[nH]c(=S)n(-c3ccc(F)cc3F)c(=O)c2c1. The van der Waals surface area contributed by atoms with Gasteiger partial charge in [-0.15, -0.1) is 0 Å². The van der Waals surface area contributed by atoms with E-state index in [9.17, 15) is 13.6 Å². The van der Waals surface area contributed by atoms with Gasteiger partial charge in [-0.3, -0.25) is 4.79 Å². The monoisotopic (exact) mass is 304 g/mol. The van der Waals surface area contributed by atoms with Gasteiger partial charge in [-0.05, 0) is 43.4 Å². The lowest BCUT2D eigenvalue weighted by atomic mass is 10.1. The van der Waals surface area contributed by atoms with Crippen LogP contribution in [0.4, 0.5) is 8.78 Å². The first-order valence-corrected chi connectivity index (χ1v) is 6.59. The fourth-order valence-corrected chi connectivity index (χ4v) is 2.50. The fourth-order valence-electron chi connectivity index (χ4n) is 2.21. The molecule has 3 rings (SSSR count). The van der Waals surface area contributed by atoms with Crippen molar-refractivity contribution in [2.45, 2.75) is 6.92 Å². The van der Waals surface area contributed by atoms with E-state index in [4.69, 9.17) is 12.2 Å². The van der Waals surface area contributed by atoms with E-state index in [2.05, 4.69) is 4.98 Å². The molecule has 0 aliphatic heterocycles. The second-order valence-corrected chi connectivity index (χ2v) is 5.10. The van der Waals surface area contributed by atoms with Crippen LogP contribution < -0.4 is 5.56 Å². The van der Waals surface area contributed by atoms with E-state index in [0.29, 0.717) is 10.9 Å². The second-order valence-electron chi connectivity index (χ2n) is 4.72. The van der Waals surface area contributed by atoms with E-state index in [-0.39, 0.29) is 10.5 Å². The molecule has 0 fully saturated rings. The zero-order valence-corrected chi connectivity index (χ0v) is 11.8. The number of aromatic amines is 1. The molecule has 0 spiro atoms. The lowest BCUT2D eigenvalue weighted by Crippen LogP contribution is -2.21. The smallest absolute Gasteiger partial charge is 0.266 e. The third-order valence-corrected chi connectivity index (χ3v) is 3.49. The molecule has 0 atom stereocenters. The quantitative estimate of drug-likeness (QED) is 0.697. The molecular formula is C15H10F2N2OS. The van der Waals surface area contributed by atoms with E-state index < -0.39 is 17.2 Å². The van der Waals surface area contributed by atoms with Crippen molar-refractivity contribution in [1.29, 1.82) is 0 Å². The van der Waals surface area contributed by atoms with Crippen molar-refractivity contribution in [2.24, 2.45) is 0 Å². The van der Waals surface area contributed by atoms with Crippen molar-refractivity contribution in [2.75, 3.05) is 0 Å². The molecule has 3 aromatic rings. The van der Waals surface area contributed by atoms with Crippen molar-refractivity contribution < 1.29 is 8.78 Å². The van der Waals surface area contributed by atoms with Crippen molar-refractivity contribution in [1.82, 2.24) is 9.55 Å². The summed E-state index contributed by atoms with van der Waals surface area (Å²) in [6.45, 7) is 1.85. The summed E-state index contributed by atoms with van der Waals surface area (Å²) in [7, 11) is 0. The Morgan fingerprint density at radius 2 is 1.90 bits per heavy atom. The molecule has 0 radical (unpaired) electrons.